The first kappa shape index (κ1) is 70.3. The van der Waals surface area contributed by atoms with E-state index >= 15 is 0 Å². The Morgan fingerprint density at radius 1 is 0.284 bits per heavy atom. The van der Waals surface area contributed by atoms with Gasteiger partial charge < -0.3 is 14.2 Å². The van der Waals surface area contributed by atoms with E-state index in [1.807, 2.05) is 0 Å². The Hall–Kier alpha value is -3.67. The average molecular weight is 1030 g/mol. The second-order valence-electron chi connectivity index (χ2n) is 20.6. The molecule has 424 valence electrons. The molecular formula is C68H116O6. The van der Waals surface area contributed by atoms with Gasteiger partial charge in [0, 0.05) is 19.3 Å². The van der Waals surface area contributed by atoms with Gasteiger partial charge in [-0.25, -0.2) is 0 Å². The van der Waals surface area contributed by atoms with Crippen LogP contribution in [0.2, 0.25) is 0 Å². The van der Waals surface area contributed by atoms with Gasteiger partial charge in [-0.05, 0) is 116 Å². The van der Waals surface area contributed by atoms with Crippen molar-refractivity contribution in [2.24, 2.45) is 0 Å². The predicted octanol–water partition coefficient (Wildman–Crippen LogP) is 21.3. The number of carbonyl (C=O) groups is 3. The lowest BCUT2D eigenvalue weighted by molar-refractivity contribution is -0.167. The van der Waals surface area contributed by atoms with Gasteiger partial charge in [0.05, 0.1) is 0 Å². The maximum atomic E-state index is 12.9. The third-order valence-corrected chi connectivity index (χ3v) is 13.3. The maximum absolute atomic E-state index is 12.9. The molecule has 0 aliphatic heterocycles. The lowest BCUT2D eigenvalue weighted by Crippen LogP contribution is -2.30. The van der Waals surface area contributed by atoms with E-state index in [2.05, 4.69) is 118 Å². The summed E-state index contributed by atoms with van der Waals surface area (Å²) in [7, 11) is 0. The number of carbonyl (C=O) groups excluding carboxylic acids is 3. The van der Waals surface area contributed by atoms with Gasteiger partial charge >= 0.3 is 17.9 Å². The zero-order chi connectivity index (χ0) is 53.6. The molecule has 0 heterocycles. The first-order chi connectivity index (χ1) is 36.5. The monoisotopic (exact) mass is 1030 g/mol. The van der Waals surface area contributed by atoms with Crippen LogP contribution in [0.5, 0.6) is 0 Å². The highest BCUT2D eigenvalue weighted by Gasteiger charge is 2.19. The molecule has 0 aliphatic carbocycles. The second kappa shape index (κ2) is 61.9. The molecule has 0 N–H and O–H groups in total. The van der Waals surface area contributed by atoms with Gasteiger partial charge in [0.25, 0.3) is 0 Å². The molecule has 0 rings (SSSR count). The highest BCUT2D eigenvalue weighted by Crippen LogP contribution is 2.16. The maximum Gasteiger partial charge on any atom is 0.306 e. The molecule has 0 aliphatic rings. The Labute approximate surface area is 457 Å². The second-order valence-corrected chi connectivity index (χ2v) is 20.6. The van der Waals surface area contributed by atoms with E-state index in [4.69, 9.17) is 14.2 Å². The average Bonchev–Trinajstić information content (AvgIpc) is 3.40. The summed E-state index contributed by atoms with van der Waals surface area (Å²) in [4.78, 5) is 38.3. The van der Waals surface area contributed by atoms with Crippen LogP contribution >= 0.6 is 0 Å². The fourth-order valence-corrected chi connectivity index (χ4v) is 8.60. The van der Waals surface area contributed by atoms with Crippen LogP contribution in [0.4, 0.5) is 0 Å². The van der Waals surface area contributed by atoms with Crippen molar-refractivity contribution in [3.8, 4) is 0 Å². The number of hydrogen-bond acceptors (Lipinski definition) is 6. The third kappa shape index (κ3) is 59.2. The summed E-state index contributed by atoms with van der Waals surface area (Å²) >= 11 is 0. The van der Waals surface area contributed by atoms with Crippen LogP contribution in [-0.2, 0) is 28.6 Å². The first-order valence-corrected chi connectivity index (χ1v) is 31.2. The van der Waals surface area contributed by atoms with E-state index in [0.29, 0.717) is 19.3 Å². The molecule has 0 saturated heterocycles. The summed E-state index contributed by atoms with van der Waals surface area (Å²) < 4.78 is 16.9. The van der Waals surface area contributed by atoms with E-state index < -0.39 is 6.10 Å². The molecule has 0 bridgehead atoms. The molecule has 6 nitrogen and oxygen atoms in total. The largest absolute Gasteiger partial charge is 0.462 e. The molecule has 0 saturated carbocycles. The highest BCUT2D eigenvalue weighted by molar-refractivity contribution is 5.71. The van der Waals surface area contributed by atoms with Crippen LogP contribution in [0, 0.1) is 0 Å². The van der Waals surface area contributed by atoms with E-state index in [9.17, 15) is 14.4 Å². The van der Waals surface area contributed by atoms with E-state index in [1.165, 1.54) is 141 Å². The first-order valence-electron chi connectivity index (χ1n) is 31.2. The lowest BCUT2D eigenvalue weighted by Gasteiger charge is -2.18. The summed E-state index contributed by atoms with van der Waals surface area (Å²) in [5.41, 5.74) is 0. The number of allylic oxidation sites excluding steroid dienone is 16. The molecule has 1 atom stereocenters. The van der Waals surface area contributed by atoms with Crippen LogP contribution in [0.15, 0.2) is 97.2 Å². The van der Waals surface area contributed by atoms with Gasteiger partial charge in [-0.1, -0.05) is 259 Å². The number of unbranched alkanes of at least 4 members (excludes halogenated alkanes) is 29. The standard InChI is InChI=1S/C68H116O6/c1-4-7-10-13-16-19-22-25-28-30-32-33-34-35-37-38-40-43-46-49-52-55-58-61-67(70)73-64-65(63-72-66(69)60-57-54-51-48-45-42-27-24-21-18-15-12-9-6-3)74-68(71)62-59-56-53-50-47-44-41-39-36-31-29-26-23-20-17-14-11-8-5-2/h7,10,15-20,24-29,32-33,65H,4-6,8-9,11-14,21-23,30-31,34-64H2,1-3H3/b10-7-,18-15-,19-16-,20-17-,27-24-,28-25-,29-26-,33-32-. The lowest BCUT2D eigenvalue weighted by atomic mass is 10.1. The molecule has 0 aromatic heterocycles. The molecule has 74 heavy (non-hydrogen) atoms. The van der Waals surface area contributed by atoms with Crippen LogP contribution in [0.1, 0.15) is 297 Å². The van der Waals surface area contributed by atoms with Gasteiger partial charge in [0.15, 0.2) is 6.10 Å². The van der Waals surface area contributed by atoms with Crippen LogP contribution in [0.3, 0.4) is 0 Å². The van der Waals surface area contributed by atoms with Gasteiger partial charge in [-0.2, -0.15) is 0 Å². The topological polar surface area (TPSA) is 78.9 Å². The molecule has 0 spiro atoms. The molecule has 1 unspecified atom stereocenters. The normalized spacial score (nSPS) is 12.7. The number of hydrogen-bond donors (Lipinski definition) is 0. The summed E-state index contributed by atoms with van der Waals surface area (Å²) in [5.74, 6) is -0.900. The number of rotatable bonds is 56. The van der Waals surface area contributed by atoms with Gasteiger partial charge in [-0.3, -0.25) is 14.4 Å². The Bertz CT molecular complexity index is 1460. The molecule has 0 amide bonds. The number of esters is 3. The van der Waals surface area contributed by atoms with Gasteiger partial charge in [0.2, 0.25) is 0 Å². The zero-order valence-electron chi connectivity index (χ0n) is 48.6. The van der Waals surface area contributed by atoms with Crippen molar-refractivity contribution < 1.29 is 28.6 Å². The Kier molecular flexibility index (Phi) is 58.8. The molecule has 0 aromatic carbocycles. The van der Waals surface area contributed by atoms with Crippen LogP contribution in [0.25, 0.3) is 0 Å². The Morgan fingerprint density at radius 2 is 0.541 bits per heavy atom. The van der Waals surface area contributed by atoms with Crippen molar-refractivity contribution in [3.63, 3.8) is 0 Å². The van der Waals surface area contributed by atoms with E-state index in [1.54, 1.807) is 0 Å². The number of ether oxygens (including phenoxy) is 3. The van der Waals surface area contributed by atoms with Gasteiger partial charge in [0.1, 0.15) is 13.2 Å². The Morgan fingerprint density at radius 3 is 0.865 bits per heavy atom. The molecule has 0 fully saturated rings. The van der Waals surface area contributed by atoms with Crippen molar-refractivity contribution >= 4 is 17.9 Å². The van der Waals surface area contributed by atoms with Crippen molar-refractivity contribution in [2.45, 2.75) is 303 Å². The molecule has 0 radical (unpaired) electrons. The molecule has 6 heteroatoms. The highest BCUT2D eigenvalue weighted by atomic mass is 16.6. The van der Waals surface area contributed by atoms with Crippen LogP contribution < -0.4 is 0 Å². The SMILES string of the molecule is CC/C=C\C/C=C\C/C=C\C/C=C\CCCCCCCCCCCCC(=O)OCC(COC(=O)CCCCCCC/C=C\C/C=C\CCCC)OC(=O)CCCCCCCCCCC/C=C\C/C=C\CCCCC. The summed E-state index contributed by atoms with van der Waals surface area (Å²) in [5, 5.41) is 0. The minimum Gasteiger partial charge on any atom is -0.462 e. The van der Waals surface area contributed by atoms with Crippen molar-refractivity contribution in [1.29, 1.82) is 0 Å². The zero-order valence-corrected chi connectivity index (χ0v) is 48.6. The predicted molar refractivity (Wildman–Crippen MR) is 320 cm³/mol. The minimum absolute atomic E-state index is 0.0856. The van der Waals surface area contributed by atoms with E-state index in [0.717, 1.165) is 116 Å². The fraction of sp³-hybridized carbons (Fsp3) is 0.721. The Balaban J connectivity index is 4.37. The summed E-state index contributed by atoms with van der Waals surface area (Å²) in [6.07, 6.45) is 82.6. The smallest absolute Gasteiger partial charge is 0.306 e. The molecule has 0 aromatic rings. The fourth-order valence-electron chi connectivity index (χ4n) is 8.60. The molecular weight excluding hydrogens is 913 g/mol. The summed E-state index contributed by atoms with van der Waals surface area (Å²) in [6, 6.07) is 0. The summed E-state index contributed by atoms with van der Waals surface area (Å²) in [6.45, 7) is 6.47. The minimum atomic E-state index is -0.789. The van der Waals surface area contributed by atoms with Crippen molar-refractivity contribution in [2.75, 3.05) is 13.2 Å². The van der Waals surface area contributed by atoms with Crippen molar-refractivity contribution in [1.82, 2.24) is 0 Å². The quantitative estimate of drug-likeness (QED) is 0.0261. The third-order valence-electron chi connectivity index (χ3n) is 13.3. The van der Waals surface area contributed by atoms with Crippen molar-refractivity contribution in [3.05, 3.63) is 97.2 Å². The van der Waals surface area contributed by atoms with Crippen LogP contribution in [-0.4, -0.2) is 37.2 Å². The van der Waals surface area contributed by atoms with Gasteiger partial charge in [-0.15, -0.1) is 0 Å². The van der Waals surface area contributed by atoms with E-state index in [-0.39, 0.29) is 31.1 Å².